The number of halogens is 1. The highest BCUT2D eigenvalue weighted by Gasteiger charge is 2.12. The van der Waals surface area contributed by atoms with Crippen LogP contribution in [0, 0.1) is 5.82 Å². The molecule has 7 heteroatoms. The number of carbonyl (C=O) groups is 1. The van der Waals surface area contributed by atoms with Gasteiger partial charge in [0.1, 0.15) is 12.1 Å². The van der Waals surface area contributed by atoms with Crippen molar-refractivity contribution >= 4 is 17.5 Å². The molecule has 2 rings (SSSR count). The van der Waals surface area contributed by atoms with Crippen LogP contribution in [0.3, 0.4) is 0 Å². The van der Waals surface area contributed by atoms with Gasteiger partial charge < -0.3 is 5.73 Å². The molecular weight excluding hydrogens is 225 g/mol. The lowest BCUT2D eigenvalue weighted by Crippen LogP contribution is -2.17. The van der Waals surface area contributed by atoms with Gasteiger partial charge in [0.2, 0.25) is 5.95 Å². The number of nitrogens with one attached hydrogen (secondary N) is 1. The Morgan fingerprint density at radius 3 is 2.88 bits per heavy atom. The topological polar surface area (TPSA) is 85.8 Å². The number of hydrogen-bond donors (Lipinski definition) is 2. The summed E-state index contributed by atoms with van der Waals surface area (Å²) in [5, 5.41) is 6.31. The zero-order chi connectivity index (χ0) is 12.4. The van der Waals surface area contributed by atoms with E-state index < -0.39 is 11.7 Å². The summed E-state index contributed by atoms with van der Waals surface area (Å²) in [6, 6.07) is 3.57. The van der Waals surface area contributed by atoms with Crippen molar-refractivity contribution in [3.8, 4) is 0 Å². The molecule has 0 saturated heterocycles. The van der Waals surface area contributed by atoms with Crippen LogP contribution in [0.4, 0.5) is 16.0 Å². The molecule has 0 aliphatic rings. The lowest BCUT2D eigenvalue weighted by molar-refractivity contribution is 0.102. The number of benzene rings is 1. The van der Waals surface area contributed by atoms with Crippen molar-refractivity contribution in [2.24, 2.45) is 7.05 Å². The van der Waals surface area contributed by atoms with E-state index in [-0.39, 0.29) is 11.3 Å². The Kier molecular flexibility index (Phi) is 2.73. The van der Waals surface area contributed by atoms with Gasteiger partial charge in [-0.15, -0.1) is 0 Å². The second kappa shape index (κ2) is 4.20. The largest absolute Gasteiger partial charge is 0.398 e. The zero-order valence-corrected chi connectivity index (χ0v) is 9.01. The van der Waals surface area contributed by atoms with E-state index >= 15 is 0 Å². The number of aryl methyl sites for hydroxylation is 1. The molecule has 0 spiro atoms. The van der Waals surface area contributed by atoms with E-state index in [0.29, 0.717) is 5.95 Å². The number of nitrogen functional groups attached to an aromatic ring is 1. The third-order valence-electron chi connectivity index (χ3n) is 2.19. The minimum atomic E-state index is -0.488. The average molecular weight is 235 g/mol. The number of nitrogens with zero attached hydrogens (tertiary/aromatic N) is 3. The first-order chi connectivity index (χ1) is 8.08. The minimum Gasteiger partial charge on any atom is -0.398 e. The molecule has 88 valence electrons. The van der Waals surface area contributed by atoms with Crippen molar-refractivity contribution in [1.82, 2.24) is 14.8 Å². The van der Waals surface area contributed by atoms with Gasteiger partial charge in [-0.05, 0) is 18.2 Å². The third kappa shape index (κ3) is 2.22. The lowest BCUT2D eigenvalue weighted by Gasteiger charge is -2.06. The standard InChI is InChI=1S/C10H10FN5O/c1-16-10(13-5-14-16)15-9(17)7-3-2-6(11)4-8(7)12/h2-5H,12H2,1H3,(H,13,14,15,17). The molecule has 0 aliphatic heterocycles. The average Bonchev–Trinajstić information content (AvgIpc) is 2.64. The second-order valence-corrected chi connectivity index (χ2v) is 3.39. The summed E-state index contributed by atoms with van der Waals surface area (Å²) in [6.07, 6.45) is 1.31. The smallest absolute Gasteiger partial charge is 0.260 e. The molecule has 3 N–H and O–H groups in total. The van der Waals surface area contributed by atoms with Gasteiger partial charge in [-0.1, -0.05) is 0 Å². The molecular formula is C10H10FN5O. The maximum absolute atomic E-state index is 12.8. The third-order valence-corrected chi connectivity index (χ3v) is 2.19. The van der Waals surface area contributed by atoms with Crippen LogP contribution in [0.2, 0.25) is 0 Å². The van der Waals surface area contributed by atoms with E-state index in [9.17, 15) is 9.18 Å². The van der Waals surface area contributed by atoms with E-state index in [2.05, 4.69) is 15.4 Å². The fraction of sp³-hybridized carbons (Fsp3) is 0.100. The number of aromatic nitrogens is 3. The van der Waals surface area contributed by atoms with Crippen molar-refractivity contribution in [1.29, 1.82) is 0 Å². The Balaban J connectivity index is 2.23. The van der Waals surface area contributed by atoms with Crippen LogP contribution in [0.5, 0.6) is 0 Å². The van der Waals surface area contributed by atoms with Gasteiger partial charge in [-0.3, -0.25) is 10.1 Å². The van der Waals surface area contributed by atoms with E-state index in [4.69, 9.17) is 5.73 Å². The molecule has 1 aromatic carbocycles. The van der Waals surface area contributed by atoms with Crippen LogP contribution in [0.15, 0.2) is 24.5 Å². The number of hydrogen-bond acceptors (Lipinski definition) is 4. The first kappa shape index (κ1) is 11.1. The highest BCUT2D eigenvalue weighted by atomic mass is 19.1. The fourth-order valence-corrected chi connectivity index (χ4v) is 1.32. The quantitative estimate of drug-likeness (QED) is 0.753. The summed E-state index contributed by atoms with van der Waals surface area (Å²) < 4.78 is 14.2. The number of nitrogens with two attached hydrogens (primary N) is 1. The van der Waals surface area contributed by atoms with Crippen molar-refractivity contribution in [3.05, 3.63) is 35.9 Å². The van der Waals surface area contributed by atoms with Crippen LogP contribution < -0.4 is 11.1 Å². The van der Waals surface area contributed by atoms with Crippen LogP contribution >= 0.6 is 0 Å². The highest BCUT2D eigenvalue weighted by molar-refractivity contribution is 6.06. The normalized spacial score (nSPS) is 10.2. The summed E-state index contributed by atoms with van der Waals surface area (Å²) in [5.41, 5.74) is 5.81. The summed E-state index contributed by atoms with van der Waals surface area (Å²) in [4.78, 5) is 15.6. The second-order valence-electron chi connectivity index (χ2n) is 3.39. The molecule has 1 aromatic heterocycles. The lowest BCUT2D eigenvalue weighted by atomic mass is 10.1. The molecule has 0 radical (unpaired) electrons. The molecule has 0 bridgehead atoms. The molecule has 0 saturated carbocycles. The van der Waals surface area contributed by atoms with Crippen LogP contribution in [-0.4, -0.2) is 20.7 Å². The monoisotopic (exact) mass is 235 g/mol. The number of amides is 1. The molecule has 1 amide bonds. The van der Waals surface area contributed by atoms with Crippen LogP contribution in [0.1, 0.15) is 10.4 Å². The summed E-state index contributed by atoms with van der Waals surface area (Å²) >= 11 is 0. The predicted octanol–water partition coefficient (Wildman–Crippen LogP) is 0.789. The van der Waals surface area contributed by atoms with Crippen LogP contribution in [0.25, 0.3) is 0 Å². The summed E-state index contributed by atoms with van der Waals surface area (Å²) in [5.74, 6) is -0.657. The molecule has 0 fully saturated rings. The van der Waals surface area contributed by atoms with Gasteiger partial charge in [-0.2, -0.15) is 10.1 Å². The Bertz CT molecular complexity index is 566. The van der Waals surface area contributed by atoms with Gasteiger partial charge in [-0.25, -0.2) is 9.07 Å². The Hall–Kier alpha value is -2.44. The molecule has 17 heavy (non-hydrogen) atoms. The van der Waals surface area contributed by atoms with Gasteiger partial charge >= 0.3 is 0 Å². The summed E-state index contributed by atoms with van der Waals surface area (Å²) in [6.45, 7) is 0. The van der Waals surface area contributed by atoms with Gasteiger partial charge in [0.25, 0.3) is 5.91 Å². The van der Waals surface area contributed by atoms with Crippen LogP contribution in [-0.2, 0) is 7.05 Å². The van der Waals surface area contributed by atoms with Crippen molar-refractivity contribution < 1.29 is 9.18 Å². The molecule has 1 heterocycles. The van der Waals surface area contributed by atoms with Gasteiger partial charge in [0.05, 0.1) is 5.56 Å². The van der Waals surface area contributed by atoms with Crippen molar-refractivity contribution in [2.75, 3.05) is 11.1 Å². The van der Waals surface area contributed by atoms with Crippen molar-refractivity contribution in [3.63, 3.8) is 0 Å². The summed E-state index contributed by atoms with van der Waals surface area (Å²) in [7, 11) is 1.64. The molecule has 0 aliphatic carbocycles. The van der Waals surface area contributed by atoms with E-state index in [0.717, 1.165) is 6.07 Å². The minimum absolute atomic E-state index is 0.0738. The highest BCUT2D eigenvalue weighted by Crippen LogP contribution is 2.14. The molecule has 0 atom stereocenters. The van der Waals surface area contributed by atoms with E-state index in [1.807, 2.05) is 0 Å². The van der Waals surface area contributed by atoms with Gasteiger partial charge in [0, 0.05) is 12.7 Å². The Morgan fingerprint density at radius 2 is 2.29 bits per heavy atom. The maximum atomic E-state index is 12.8. The van der Waals surface area contributed by atoms with E-state index in [1.165, 1.54) is 23.1 Å². The molecule has 2 aromatic rings. The first-order valence-corrected chi connectivity index (χ1v) is 4.78. The van der Waals surface area contributed by atoms with Crippen molar-refractivity contribution in [2.45, 2.75) is 0 Å². The predicted molar refractivity (Wildman–Crippen MR) is 59.8 cm³/mol. The Morgan fingerprint density at radius 1 is 1.53 bits per heavy atom. The number of rotatable bonds is 2. The Labute approximate surface area is 96.3 Å². The van der Waals surface area contributed by atoms with Gasteiger partial charge in [0.15, 0.2) is 0 Å². The fourth-order valence-electron chi connectivity index (χ4n) is 1.32. The number of anilines is 2. The van der Waals surface area contributed by atoms with E-state index in [1.54, 1.807) is 7.05 Å². The number of carbonyl (C=O) groups excluding carboxylic acids is 1. The first-order valence-electron chi connectivity index (χ1n) is 4.78. The SMILES string of the molecule is Cn1ncnc1NC(=O)c1ccc(F)cc1N. The molecule has 0 unspecified atom stereocenters. The zero-order valence-electron chi connectivity index (χ0n) is 9.01. The maximum Gasteiger partial charge on any atom is 0.260 e. The molecule has 6 nitrogen and oxygen atoms in total.